The first kappa shape index (κ1) is 19.6. The first-order chi connectivity index (χ1) is 14.2. The van der Waals surface area contributed by atoms with E-state index in [2.05, 4.69) is 34.5 Å². The lowest BCUT2D eigenvalue weighted by Crippen LogP contribution is -2.46. The van der Waals surface area contributed by atoms with E-state index < -0.39 is 0 Å². The molecule has 2 aromatic carbocycles. The fourth-order valence-electron chi connectivity index (χ4n) is 4.96. The fraction of sp³-hybridized carbons (Fsp3) is 0.417. The number of carbonyl (C=O) groups is 2. The van der Waals surface area contributed by atoms with Crippen LogP contribution in [0.15, 0.2) is 60.7 Å². The Kier molecular flexibility index (Phi) is 5.95. The van der Waals surface area contributed by atoms with Crippen molar-refractivity contribution in [2.24, 2.45) is 17.8 Å². The van der Waals surface area contributed by atoms with Gasteiger partial charge in [0, 0.05) is 31.2 Å². The van der Waals surface area contributed by atoms with E-state index in [1.54, 1.807) is 12.1 Å². The molecule has 5 nitrogen and oxygen atoms in total. The minimum absolute atomic E-state index is 0.118. The van der Waals surface area contributed by atoms with Crippen LogP contribution >= 0.6 is 0 Å². The minimum Gasteiger partial charge on any atom is -0.466 e. The second-order valence-electron chi connectivity index (χ2n) is 8.08. The van der Waals surface area contributed by atoms with Gasteiger partial charge in [-0.3, -0.25) is 14.5 Å². The van der Waals surface area contributed by atoms with Gasteiger partial charge in [0.1, 0.15) is 0 Å². The van der Waals surface area contributed by atoms with Crippen molar-refractivity contribution < 1.29 is 14.3 Å². The quantitative estimate of drug-likeness (QED) is 0.768. The van der Waals surface area contributed by atoms with Gasteiger partial charge in [-0.15, -0.1) is 0 Å². The third kappa shape index (κ3) is 4.35. The van der Waals surface area contributed by atoms with Gasteiger partial charge in [0.05, 0.1) is 12.5 Å². The molecule has 2 bridgehead atoms. The molecule has 0 aromatic heterocycles. The standard InChI is InChI=1S/C24H28N2O3/c1-2-29-24(28)21-19-13-20(16-26(15-19)14-17-9-5-3-6-10-17)22(21)25-23(27)18-11-7-4-8-12-18/h3-12,19-22H,2,13-16H2,1H3,(H,25,27)/t19-,20+,21-,22+/m1/s1. The number of hydrogen-bond donors (Lipinski definition) is 1. The van der Waals surface area contributed by atoms with Crippen molar-refractivity contribution in [1.82, 2.24) is 10.2 Å². The number of hydrogen-bond acceptors (Lipinski definition) is 4. The van der Waals surface area contributed by atoms with Crippen LogP contribution in [0.25, 0.3) is 0 Å². The smallest absolute Gasteiger partial charge is 0.311 e. The number of ether oxygens (including phenoxy) is 1. The van der Waals surface area contributed by atoms with E-state index >= 15 is 0 Å². The summed E-state index contributed by atoms with van der Waals surface area (Å²) in [7, 11) is 0. The van der Waals surface area contributed by atoms with Crippen molar-refractivity contribution in [2.45, 2.75) is 25.9 Å². The molecule has 1 aliphatic heterocycles. The van der Waals surface area contributed by atoms with Crippen molar-refractivity contribution in [3.05, 3.63) is 71.8 Å². The lowest BCUT2D eigenvalue weighted by Gasteiger charge is -2.32. The summed E-state index contributed by atoms with van der Waals surface area (Å²) in [5.74, 6) is -0.127. The summed E-state index contributed by atoms with van der Waals surface area (Å²) in [6, 6.07) is 19.4. The number of rotatable bonds is 6. The van der Waals surface area contributed by atoms with Gasteiger partial charge in [-0.05, 0) is 42.9 Å². The molecule has 0 spiro atoms. The number of likely N-dealkylation sites (tertiary alicyclic amines) is 1. The maximum absolute atomic E-state index is 12.8. The van der Waals surface area contributed by atoms with E-state index in [1.165, 1.54) is 5.56 Å². The Morgan fingerprint density at radius 3 is 2.34 bits per heavy atom. The molecule has 1 N–H and O–H groups in total. The highest BCUT2D eigenvalue weighted by Crippen LogP contribution is 2.42. The molecule has 152 valence electrons. The van der Waals surface area contributed by atoms with E-state index in [4.69, 9.17) is 4.74 Å². The van der Waals surface area contributed by atoms with Gasteiger partial charge in [-0.1, -0.05) is 48.5 Å². The predicted octanol–water partition coefficient (Wildman–Crippen LogP) is 3.12. The molecule has 5 heteroatoms. The van der Waals surface area contributed by atoms with E-state index in [-0.39, 0.29) is 35.7 Å². The number of amides is 1. The molecule has 1 amide bonds. The summed E-state index contributed by atoms with van der Waals surface area (Å²) in [4.78, 5) is 28.0. The van der Waals surface area contributed by atoms with Gasteiger partial charge in [0.2, 0.25) is 0 Å². The van der Waals surface area contributed by atoms with Crippen LogP contribution in [0.2, 0.25) is 0 Å². The molecule has 1 aliphatic carbocycles. The molecule has 1 heterocycles. The zero-order chi connectivity index (χ0) is 20.2. The van der Waals surface area contributed by atoms with E-state index in [1.807, 2.05) is 31.2 Å². The largest absolute Gasteiger partial charge is 0.466 e. The third-order valence-electron chi connectivity index (χ3n) is 6.14. The average molecular weight is 392 g/mol. The van der Waals surface area contributed by atoms with Crippen molar-refractivity contribution in [2.75, 3.05) is 19.7 Å². The van der Waals surface area contributed by atoms with Crippen molar-refractivity contribution in [1.29, 1.82) is 0 Å². The van der Waals surface area contributed by atoms with Crippen LogP contribution in [0.3, 0.4) is 0 Å². The molecule has 0 unspecified atom stereocenters. The number of esters is 1. The van der Waals surface area contributed by atoms with Crippen molar-refractivity contribution in [3.63, 3.8) is 0 Å². The summed E-state index contributed by atoms with van der Waals surface area (Å²) in [6.45, 7) is 4.79. The molecular weight excluding hydrogens is 364 g/mol. The minimum atomic E-state index is -0.284. The second kappa shape index (κ2) is 8.78. The van der Waals surface area contributed by atoms with Gasteiger partial charge in [-0.2, -0.15) is 0 Å². The highest BCUT2D eigenvalue weighted by molar-refractivity contribution is 5.94. The first-order valence-electron chi connectivity index (χ1n) is 10.4. The highest BCUT2D eigenvalue weighted by atomic mass is 16.5. The van der Waals surface area contributed by atoms with Crippen LogP contribution in [0.1, 0.15) is 29.3 Å². The Balaban J connectivity index is 1.52. The van der Waals surface area contributed by atoms with E-state index in [0.29, 0.717) is 12.2 Å². The predicted molar refractivity (Wildman–Crippen MR) is 111 cm³/mol. The third-order valence-corrected chi connectivity index (χ3v) is 6.14. The molecule has 0 radical (unpaired) electrons. The average Bonchev–Trinajstić information content (AvgIpc) is 2.99. The Hall–Kier alpha value is -2.66. The van der Waals surface area contributed by atoms with E-state index in [9.17, 15) is 9.59 Å². The number of piperidine rings is 1. The summed E-state index contributed by atoms with van der Waals surface area (Å²) < 4.78 is 5.40. The number of benzene rings is 2. The Morgan fingerprint density at radius 2 is 1.66 bits per heavy atom. The van der Waals surface area contributed by atoms with Gasteiger partial charge >= 0.3 is 5.97 Å². The monoisotopic (exact) mass is 392 g/mol. The number of carbonyl (C=O) groups excluding carboxylic acids is 2. The zero-order valence-electron chi connectivity index (χ0n) is 16.8. The van der Waals surface area contributed by atoms with Crippen molar-refractivity contribution in [3.8, 4) is 0 Å². The molecular formula is C24H28N2O3. The zero-order valence-corrected chi connectivity index (χ0v) is 16.8. The van der Waals surface area contributed by atoms with Crippen LogP contribution in [-0.2, 0) is 16.1 Å². The summed E-state index contributed by atoms with van der Waals surface area (Å²) in [6.07, 6.45) is 0.953. The Morgan fingerprint density at radius 1 is 1.00 bits per heavy atom. The summed E-state index contributed by atoms with van der Waals surface area (Å²) in [5.41, 5.74) is 1.89. The fourth-order valence-corrected chi connectivity index (χ4v) is 4.96. The molecule has 1 saturated carbocycles. The Bertz CT molecular complexity index is 840. The number of fused-ring (bicyclic) bond motifs is 2. The first-order valence-corrected chi connectivity index (χ1v) is 10.4. The van der Waals surface area contributed by atoms with Gasteiger partial charge in [-0.25, -0.2) is 0 Å². The number of nitrogens with zero attached hydrogens (tertiary/aromatic N) is 1. The maximum Gasteiger partial charge on any atom is 0.311 e. The second-order valence-corrected chi connectivity index (χ2v) is 8.08. The molecule has 2 aliphatic rings. The molecule has 2 aromatic rings. The maximum atomic E-state index is 12.8. The lowest BCUT2D eigenvalue weighted by atomic mass is 9.93. The van der Waals surface area contributed by atoms with Gasteiger partial charge < -0.3 is 10.1 Å². The van der Waals surface area contributed by atoms with Crippen LogP contribution in [0.4, 0.5) is 0 Å². The molecule has 1 saturated heterocycles. The van der Waals surface area contributed by atoms with E-state index in [0.717, 1.165) is 26.1 Å². The normalized spacial score (nSPS) is 26.1. The summed E-state index contributed by atoms with van der Waals surface area (Å²) in [5, 5.41) is 3.17. The van der Waals surface area contributed by atoms with Gasteiger partial charge in [0.15, 0.2) is 0 Å². The SMILES string of the molecule is CCOC(=O)[C@@H]1[C@@H]2C[C@@H](CN(Cc3ccccc3)C2)[C@@H]1NC(=O)c1ccccc1. The van der Waals surface area contributed by atoms with Crippen LogP contribution in [0.5, 0.6) is 0 Å². The highest BCUT2D eigenvalue weighted by Gasteiger charge is 2.51. The Labute approximate surface area is 172 Å². The van der Waals surface area contributed by atoms with Crippen molar-refractivity contribution >= 4 is 11.9 Å². The summed E-state index contributed by atoms with van der Waals surface area (Å²) >= 11 is 0. The molecule has 29 heavy (non-hydrogen) atoms. The topological polar surface area (TPSA) is 58.6 Å². The lowest BCUT2D eigenvalue weighted by molar-refractivity contribution is -0.150. The van der Waals surface area contributed by atoms with Crippen LogP contribution in [-0.4, -0.2) is 42.5 Å². The van der Waals surface area contributed by atoms with Gasteiger partial charge in [0.25, 0.3) is 5.91 Å². The van der Waals surface area contributed by atoms with Crippen LogP contribution < -0.4 is 5.32 Å². The molecule has 2 fully saturated rings. The molecule has 4 atom stereocenters. The van der Waals surface area contributed by atoms with Crippen LogP contribution in [0, 0.1) is 17.8 Å². The number of nitrogens with one attached hydrogen (secondary N) is 1. The molecule has 4 rings (SSSR count).